The van der Waals surface area contributed by atoms with Crippen molar-refractivity contribution < 1.29 is 4.79 Å². The maximum atomic E-state index is 11.0. The number of carbonyl (C=O) groups is 1. The van der Waals surface area contributed by atoms with Crippen LogP contribution < -0.4 is 11.5 Å². The summed E-state index contributed by atoms with van der Waals surface area (Å²) in [5, 5.41) is 4.76. The van der Waals surface area contributed by atoms with Crippen molar-refractivity contribution in [3.8, 4) is 0 Å². The van der Waals surface area contributed by atoms with E-state index in [2.05, 4.69) is 5.10 Å². The molecule has 4 N–H and O–H groups in total. The smallest absolute Gasteiger partial charge is 0.248 e. The van der Waals surface area contributed by atoms with Gasteiger partial charge in [-0.15, -0.1) is 0 Å². The second-order valence-corrected chi connectivity index (χ2v) is 4.42. The number of rotatable bonds is 3. The van der Waals surface area contributed by atoms with Gasteiger partial charge in [0.15, 0.2) is 0 Å². The van der Waals surface area contributed by atoms with Crippen molar-refractivity contribution in [2.24, 2.45) is 5.73 Å². The van der Waals surface area contributed by atoms with Crippen molar-refractivity contribution in [1.29, 1.82) is 0 Å². The second-order valence-electron chi connectivity index (χ2n) is 4.01. The Hall–Kier alpha value is -2.01. The minimum Gasteiger partial charge on any atom is -0.398 e. The molecule has 6 heteroatoms. The van der Waals surface area contributed by atoms with E-state index in [1.54, 1.807) is 29.1 Å². The van der Waals surface area contributed by atoms with Crippen molar-refractivity contribution in [2.45, 2.75) is 13.5 Å². The van der Waals surface area contributed by atoms with Gasteiger partial charge in [0.05, 0.1) is 23.5 Å². The summed E-state index contributed by atoms with van der Waals surface area (Å²) in [6, 6.07) is 4.98. The van der Waals surface area contributed by atoms with Gasteiger partial charge >= 0.3 is 0 Å². The summed E-state index contributed by atoms with van der Waals surface area (Å²) in [6.45, 7) is 2.38. The number of halogens is 1. The fraction of sp³-hybridized carbons (Fsp3) is 0.167. The first-order chi connectivity index (χ1) is 8.49. The number of nitrogens with two attached hydrogens (primary N) is 2. The molecule has 1 aromatic heterocycles. The Balaban J connectivity index is 2.30. The molecule has 0 saturated heterocycles. The quantitative estimate of drug-likeness (QED) is 0.825. The maximum absolute atomic E-state index is 11.0. The molecule has 1 amide bonds. The Morgan fingerprint density at radius 2 is 2.22 bits per heavy atom. The van der Waals surface area contributed by atoms with Gasteiger partial charge < -0.3 is 11.5 Å². The molecule has 0 atom stereocenters. The highest BCUT2D eigenvalue weighted by Gasteiger charge is 2.08. The van der Waals surface area contributed by atoms with Gasteiger partial charge in [-0.25, -0.2) is 0 Å². The number of amides is 1. The second kappa shape index (κ2) is 4.70. The first-order valence-electron chi connectivity index (χ1n) is 5.35. The molecule has 2 aromatic rings. The molecule has 94 valence electrons. The Kier molecular flexibility index (Phi) is 3.25. The van der Waals surface area contributed by atoms with E-state index in [0.717, 1.165) is 11.3 Å². The van der Waals surface area contributed by atoms with E-state index in [0.29, 0.717) is 22.8 Å². The molecule has 0 aliphatic rings. The number of primary amides is 1. The summed E-state index contributed by atoms with van der Waals surface area (Å²) >= 11 is 5.93. The highest BCUT2D eigenvalue weighted by molar-refractivity contribution is 6.31. The molecule has 5 nitrogen and oxygen atoms in total. The van der Waals surface area contributed by atoms with E-state index in [4.69, 9.17) is 23.1 Å². The van der Waals surface area contributed by atoms with E-state index in [1.165, 1.54) is 0 Å². The molecule has 0 fully saturated rings. The fourth-order valence-corrected chi connectivity index (χ4v) is 1.78. The molecule has 0 unspecified atom stereocenters. The van der Waals surface area contributed by atoms with Crippen molar-refractivity contribution in [1.82, 2.24) is 9.78 Å². The van der Waals surface area contributed by atoms with Crippen LogP contribution in [0.4, 0.5) is 5.69 Å². The average molecular weight is 265 g/mol. The van der Waals surface area contributed by atoms with Crippen LogP contribution in [0.1, 0.15) is 21.6 Å². The minimum atomic E-state index is -0.494. The number of nitrogen functional groups attached to an aromatic ring is 1. The number of aromatic nitrogens is 2. The molecule has 0 spiro atoms. The van der Waals surface area contributed by atoms with Crippen LogP contribution in [-0.4, -0.2) is 15.7 Å². The van der Waals surface area contributed by atoms with E-state index < -0.39 is 5.91 Å². The van der Waals surface area contributed by atoms with E-state index >= 15 is 0 Å². The lowest BCUT2D eigenvalue weighted by molar-refractivity contribution is 0.100. The zero-order valence-corrected chi connectivity index (χ0v) is 10.6. The van der Waals surface area contributed by atoms with Crippen LogP contribution >= 0.6 is 11.6 Å². The maximum Gasteiger partial charge on any atom is 0.248 e. The molecule has 0 aliphatic heterocycles. The Labute approximate surface area is 109 Å². The average Bonchev–Trinajstić information content (AvgIpc) is 2.63. The van der Waals surface area contributed by atoms with Gasteiger partial charge in [0.2, 0.25) is 5.91 Å². The summed E-state index contributed by atoms with van der Waals surface area (Å²) in [5.41, 5.74) is 13.7. The summed E-state index contributed by atoms with van der Waals surface area (Å²) in [6.07, 6.45) is 1.59. The van der Waals surface area contributed by atoms with Crippen LogP contribution in [0.15, 0.2) is 24.4 Å². The largest absolute Gasteiger partial charge is 0.398 e. The predicted octanol–water partition coefficient (Wildman–Crippen LogP) is 1.57. The van der Waals surface area contributed by atoms with Crippen LogP contribution in [0, 0.1) is 6.92 Å². The summed E-state index contributed by atoms with van der Waals surface area (Å²) in [5.74, 6) is -0.494. The first kappa shape index (κ1) is 12.4. The number of carbonyl (C=O) groups excluding carboxylic acids is 1. The van der Waals surface area contributed by atoms with Gasteiger partial charge in [0.25, 0.3) is 0 Å². The standard InChI is InChI=1S/C12H13ClN4O/c1-7-10(13)5-16-17(7)6-9-3-2-8(12(15)18)4-11(9)14/h2-5H,6,14H2,1H3,(H2,15,18). The number of nitrogens with zero attached hydrogens (tertiary/aromatic N) is 2. The fourth-order valence-electron chi connectivity index (χ4n) is 1.64. The van der Waals surface area contributed by atoms with Crippen LogP contribution in [0.2, 0.25) is 5.02 Å². The molecular weight excluding hydrogens is 252 g/mol. The number of benzene rings is 1. The molecule has 1 heterocycles. The third-order valence-electron chi connectivity index (χ3n) is 2.79. The molecule has 0 saturated carbocycles. The number of anilines is 1. The normalized spacial score (nSPS) is 10.6. The van der Waals surface area contributed by atoms with Gasteiger partial charge in [-0.3, -0.25) is 9.48 Å². The van der Waals surface area contributed by atoms with Crippen LogP contribution in [0.3, 0.4) is 0 Å². The molecule has 1 aromatic carbocycles. The predicted molar refractivity (Wildman–Crippen MR) is 70.4 cm³/mol. The Morgan fingerprint density at radius 3 is 2.72 bits per heavy atom. The van der Waals surface area contributed by atoms with Gasteiger partial charge in [-0.1, -0.05) is 17.7 Å². The first-order valence-corrected chi connectivity index (χ1v) is 5.73. The zero-order valence-electron chi connectivity index (χ0n) is 9.85. The van der Waals surface area contributed by atoms with E-state index in [-0.39, 0.29) is 0 Å². The molecule has 0 aliphatic carbocycles. The Morgan fingerprint density at radius 1 is 1.50 bits per heavy atom. The van der Waals surface area contributed by atoms with Crippen molar-refractivity contribution in [3.63, 3.8) is 0 Å². The molecule has 0 radical (unpaired) electrons. The van der Waals surface area contributed by atoms with Gasteiger partial charge in [-0.05, 0) is 24.6 Å². The molecule has 2 rings (SSSR count). The summed E-state index contributed by atoms with van der Waals surface area (Å²) in [4.78, 5) is 11.0. The van der Waals surface area contributed by atoms with E-state index in [1.807, 2.05) is 6.92 Å². The third kappa shape index (κ3) is 2.31. The highest BCUT2D eigenvalue weighted by Crippen LogP contribution is 2.19. The highest BCUT2D eigenvalue weighted by atomic mass is 35.5. The van der Waals surface area contributed by atoms with Crippen molar-refractivity contribution in [2.75, 3.05) is 5.73 Å². The SMILES string of the molecule is Cc1c(Cl)cnn1Cc1ccc(C(N)=O)cc1N. The number of hydrogen-bond acceptors (Lipinski definition) is 3. The van der Waals surface area contributed by atoms with Crippen LogP contribution in [0.5, 0.6) is 0 Å². The molecule has 18 heavy (non-hydrogen) atoms. The lowest BCUT2D eigenvalue weighted by atomic mass is 10.1. The number of hydrogen-bond donors (Lipinski definition) is 2. The van der Waals surface area contributed by atoms with Crippen LogP contribution in [-0.2, 0) is 6.54 Å². The lowest BCUT2D eigenvalue weighted by Crippen LogP contribution is -2.12. The minimum absolute atomic E-state index is 0.395. The molecular formula is C12H13ClN4O. The molecule has 0 bridgehead atoms. The van der Waals surface area contributed by atoms with E-state index in [9.17, 15) is 4.79 Å². The van der Waals surface area contributed by atoms with Gasteiger partial charge in [-0.2, -0.15) is 5.10 Å². The third-order valence-corrected chi connectivity index (χ3v) is 3.16. The Bertz CT molecular complexity index is 606. The summed E-state index contributed by atoms with van der Waals surface area (Å²) in [7, 11) is 0. The lowest BCUT2D eigenvalue weighted by Gasteiger charge is -2.08. The summed E-state index contributed by atoms with van der Waals surface area (Å²) < 4.78 is 1.75. The van der Waals surface area contributed by atoms with Gasteiger partial charge in [0, 0.05) is 11.3 Å². The van der Waals surface area contributed by atoms with Crippen molar-refractivity contribution >= 4 is 23.2 Å². The van der Waals surface area contributed by atoms with Gasteiger partial charge in [0.1, 0.15) is 0 Å². The monoisotopic (exact) mass is 264 g/mol. The van der Waals surface area contributed by atoms with Crippen molar-refractivity contribution in [3.05, 3.63) is 46.2 Å². The zero-order chi connectivity index (χ0) is 13.3. The topological polar surface area (TPSA) is 86.9 Å². The van der Waals surface area contributed by atoms with Crippen LogP contribution in [0.25, 0.3) is 0 Å².